The van der Waals surface area contributed by atoms with Crippen LogP contribution in [0.2, 0.25) is 0 Å². The van der Waals surface area contributed by atoms with Crippen molar-refractivity contribution in [1.29, 1.82) is 0 Å². The summed E-state index contributed by atoms with van der Waals surface area (Å²) in [4.78, 5) is 25.0. The monoisotopic (exact) mass is 438 g/mol. The molecule has 0 aliphatic carbocycles. The first kappa shape index (κ1) is 23.3. The van der Waals surface area contributed by atoms with Gasteiger partial charge in [0.2, 0.25) is 0 Å². The van der Waals surface area contributed by atoms with Gasteiger partial charge in [0.1, 0.15) is 18.3 Å². The molecule has 2 aliphatic rings. The van der Waals surface area contributed by atoms with Crippen LogP contribution in [0, 0.1) is 5.92 Å². The predicted molar refractivity (Wildman–Crippen MR) is 107 cm³/mol. The van der Waals surface area contributed by atoms with Gasteiger partial charge in [-0.15, -0.1) is 0 Å². The number of fused-ring (bicyclic) bond motifs is 1. The van der Waals surface area contributed by atoms with Crippen LogP contribution >= 0.6 is 0 Å². The van der Waals surface area contributed by atoms with E-state index in [-0.39, 0.29) is 17.9 Å². The number of benzene rings is 1. The zero-order valence-electron chi connectivity index (χ0n) is 16.7. The van der Waals surface area contributed by atoms with E-state index in [1.54, 1.807) is 19.1 Å². The molecule has 3 rings (SSSR count). The van der Waals surface area contributed by atoms with E-state index in [2.05, 4.69) is 10.6 Å². The van der Waals surface area contributed by atoms with Gasteiger partial charge in [0.05, 0.1) is 0 Å². The van der Waals surface area contributed by atoms with E-state index in [0.717, 1.165) is 0 Å². The topological polar surface area (TPSA) is 189 Å². The summed E-state index contributed by atoms with van der Waals surface area (Å²) in [7, 11) is 0. The number of carbonyl (C=O) groups is 2. The Morgan fingerprint density at radius 2 is 1.97 bits per heavy atom. The van der Waals surface area contributed by atoms with Crippen molar-refractivity contribution in [2.45, 2.75) is 49.7 Å². The average Bonchev–Trinajstić information content (AvgIpc) is 3.00. The number of nitrogens with one attached hydrogen (secondary N) is 2. The molecule has 2 amide bonds. The normalized spacial score (nSPS) is 33.8. The number of hydrogen-bond acceptors (Lipinski definition) is 9. The highest BCUT2D eigenvalue weighted by Crippen LogP contribution is 2.43. The van der Waals surface area contributed by atoms with Crippen LogP contribution in [0.3, 0.4) is 0 Å². The molecule has 0 unspecified atom stereocenters. The molecule has 11 nitrogen and oxygen atoms in total. The molecule has 170 valence electrons. The molecule has 2 heterocycles. The first-order valence-electron chi connectivity index (χ1n) is 9.75. The molecule has 11 heteroatoms. The van der Waals surface area contributed by atoms with Gasteiger partial charge < -0.3 is 46.0 Å². The zero-order chi connectivity index (χ0) is 22.9. The second-order valence-corrected chi connectivity index (χ2v) is 7.62. The van der Waals surface area contributed by atoms with Crippen molar-refractivity contribution in [3.8, 4) is 0 Å². The van der Waals surface area contributed by atoms with Gasteiger partial charge in [0, 0.05) is 29.5 Å². The Bertz CT molecular complexity index is 876. The van der Waals surface area contributed by atoms with Crippen LogP contribution in [0.4, 0.5) is 11.4 Å². The lowest BCUT2D eigenvalue weighted by molar-refractivity contribution is -0.274. The second-order valence-electron chi connectivity index (χ2n) is 7.62. The van der Waals surface area contributed by atoms with E-state index < -0.39 is 54.0 Å². The highest BCUT2D eigenvalue weighted by molar-refractivity contribution is 6.06. The maximum absolute atomic E-state index is 12.5. The third kappa shape index (κ3) is 4.21. The zero-order valence-corrected chi connectivity index (χ0v) is 16.7. The molecule has 0 aromatic heterocycles. The molecule has 0 spiro atoms. The van der Waals surface area contributed by atoms with Gasteiger partial charge in [0.15, 0.2) is 18.0 Å². The molecule has 31 heavy (non-hydrogen) atoms. The highest BCUT2D eigenvalue weighted by atomic mass is 16.6. The fraction of sp³-hybridized carbons (Fsp3) is 0.500. The van der Waals surface area contributed by atoms with Gasteiger partial charge in [-0.1, -0.05) is 19.1 Å². The van der Waals surface area contributed by atoms with Gasteiger partial charge in [-0.05, 0) is 24.6 Å². The summed E-state index contributed by atoms with van der Waals surface area (Å²) in [6, 6.07) is 4.32. The Morgan fingerprint density at radius 3 is 2.65 bits per heavy atom. The molecule has 2 aliphatic heterocycles. The fourth-order valence-corrected chi connectivity index (χ4v) is 3.64. The van der Waals surface area contributed by atoms with E-state index in [1.165, 1.54) is 18.2 Å². The summed E-state index contributed by atoms with van der Waals surface area (Å²) in [6.07, 6.45) is -5.27. The Hall–Kier alpha value is -2.38. The molecule has 0 saturated carbocycles. The molecular weight excluding hydrogens is 412 g/mol. The lowest BCUT2D eigenvalue weighted by Gasteiger charge is -2.37. The minimum atomic E-state index is -1.92. The second kappa shape index (κ2) is 9.01. The summed E-state index contributed by atoms with van der Waals surface area (Å²) in [5.74, 6) is -2.20. The number of hydrogen-bond donors (Lipinski definition) is 8. The van der Waals surface area contributed by atoms with Gasteiger partial charge in [-0.2, -0.15) is 0 Å². The number of rotatable bonds is 6. The van der Waals surface area contributed by atoms with E-state index in [1.807, 2.05) is 0 Å². The van der Waals surface area contributed by atoms with E-state index in [0.29, 0.717) is 12.1 Å². The Labute approximate surface area is 177 Å². The number of amides is 2. The van der Waals surface area contributed by atoms with Crippen LogP contribution < -0.4 is 10.6 Å². The lowest BCUT2D eigenvalue weighted by atomic mass is 9.82. The number of aliphatic hydroxyl groups excluding tert-OH is 5. The van der Waals surface area contributed by atoms with Crippen LogP contribution in [0.25, 0.3) is 0 Å². The van der Waals surface area contributed by atoms with Crippen molar-refractivity contribution in [3.05, 3.63) is 35.9 Å². The Morgan fingerprint density at radius 1 is 1.26 bits per heavy atom. The molecule has 1 aromatic rings. The number of carbonyl (C=O) groups excluding carboxylic acids is 2. The average molecular weight is 438 g/mol. The summed E-state index contributed by atoms with van der Waals surface area (Å²) in [6.45, 7) is 1.56. The number of anilines is 2. The lowest BCUT2D eigenvalue weighted by Crippen LogP contribution is -2.60. The van der Waals surface area contributed by atoms with Crippen molar-refractivity contribution in [2.75, 3.05) is 17.2 Å². The van der Waals surface area contributed by atoms with Crippen LogP contribution in [0.5, 0.6) is 0 Å². The molecule has 7 atom stereocenters. The van der Waals surface area contributed by atoms with E-state index in [4.69, 9.17) is 9.84 Å². The summed E-state index contributed by atoms with van der Waals surface area (Å²) < 4.78 is 4.90. The van der Waals surface area contributed by atoms with Gasteiger partial charge in [0.25, 0.3) is 11.8 Å². The van der Waals surface area contributed by atoms with E-state index >= 15 is 0 Å². The van der Waals surface area contributed by atoms with Crippen molar-refractivity contribution in [3.63, 3.8) is 0 Å². The Kier molecular flexibility index (Phi) is 6.76. The highest BCUT2D eigenvalue weighted by Gasteiger charge is 2.49. The quantitative estimate of drug-likeness (QED) is 0.236. The molecule has 1 fully saturated rings. The summed E-state index contributed by atoms with van der Waals surface area (Å²) in [5.41, 5.74) is -1.18. The standard InChI is InChI=1S/C20H26N2O9/c1-9(4-2-3-7-23)20(30)11-8-10(5-6-12(11)22-19(20)29)21-17(27)16-14(25)13(24)15(26)18(28)31-16/h2,4-6,8-9,13-16,18,23-26,28,30H,3,7H2,1H3,(H,21,27)(H,22,29)/b4-2+/t9-,13+,14+,15-,16+,18-,20+/m1/s1. The molecule has 0 radical (unpaired) electrons. The molecule has 1 aromatic carbocycles. The fourth-order valence-electron chi connectivity index (χ4n) is 3.64. The van der Waals surface area contributed by atoms with Gasteiger partial charge in [-0.25, -0.2) is 0 Å². The van der Waals surface area contributed by atoms with Crippen molar-refractivity contribution >= 4 is 23.2 Å². The minimum Gasteiger partial charge on any atom is -0.396 e. The van der Waals surface area contributed by atoms with Crippen LogP contribution in [-0.2, 0) is 19.9 Å². The third-order valence-electron chi connectivity index (χ3n) is 5.52. The van der Waals surface area contributed by atoms with Crippen LogP contribution in [0.1, 0.15) is 18.9 Å². The van der Waals surface area contributed by atoms with Gasteiger partial charge in [-0.3, -0.25) is 9.59 Å². The van der Waals surface area contributed by atoms with Crippen LogP contribution in [-0.4, -0.2) is 79.8 Å². The molecular formula is C20H26N2O9. The summed E-state index contributed by atoms with van der Waals surface area (Å²) >= 11 is 0. The SMILES string of the molecule is C[C@H](/C=C/CCO)[C@@]1(O)C(=O)Nc2ccc(NC(=O)[C@H]3O[C@@H](O)[C@H](O)[C@@H](O)[C@@H]3O)cc21. The van der Waals surface area contributed by atoms with Gasteiger partial charge >= 0.3 is 0 Å². The Balaban J connectivity index is 1.82. The van der Waals surface area contributed by atoms with Crippen molar-refractivity contribution in [2.24, 2.45) is 5.92 Å². The largest absolute Gasteiger partial charge is 0.396 e. The molecule has 8 N–H and O–H groups in total. The number of aliphatic hydroxyl groups is 6. The van der Waals surface area contributed by atoms with Crippen molar-refractivity contribution in [1.82, 2.24) is 0 Å². The third-order valence-corrected chi connectivity index (χ3v) is 5.52. The van der Waals surface area contributed by atoms with Crippen molar-refractivity contribution < 1.29 is 45.0 Å². The first-order valence-corrected chi connectivity index (χ1v) is 9.75. The summed E-state index contributed by atoms with van der Waals surface area (Å²) in [5, 5.41) is 63.9. The van der Waals surface area contributed by atoms with Crippen LogP contribution in [0.15, 0.2) is 30.4 Å². The molecule has 1 saturated heterocycles. The minimum absolute atomic E-state index is 0.0733. The smallest absolute Gasteiger partial charge is 0.261 e. The maximum atomic E-state index is 12.5. The van der Waals surface area contributed by atoms with E-state index in [9.17, 15) is 35.1 Å². The predicted octanol–water partition coefficient (Wildman–Crippen LogP) is -1.86. The maximum Gasteiger partial charge on any atom is 0.261 e. The first-order chi connectivity index (χ1) is 14.6. The molecule has 0 bridgehead atoms. The number of ether oxygens (including phenoxy) is 1.